The second kappa shape index (κ2) is 1.45. The molecule has 2 heteroatoms. The van der Waals surface area contributed by atoms with Crippen LogP contribution in [0.15, 0.2) is 0 Å². The van der Waals surface area contributed by atoms with Crippen molar-refractivity contribution in [3.05, 3.63) is 0 Å². The molecule has 0 aromatic heterocycles. The van der Waals surface area contributed by atoms with Gasteiger partial charge in [-0.2, -0.15) is 0 Å². The maximum absolute atomic E-state index is 5.69. The van der Waals surface area contributed by atoms with Crippen molar-refractivity contribution < 1.29 is 4.74 Å². The fourth-order valence-corrected chi connectivity index (χ4v) is 1.68. The Hall–Kier alpha value is -0.0800. The van der Waals surface area contributed by atoms with Gasteiger partial charge in [0.2, 0.25) is 0 Å². The highest BCUT2D eigenvalue weighted by Crippen LogP contribution is 2.32. The maximum atomic E-state index is 5.69. The first-order valence-electron chi connectivity index (χ1n) is 3.27. The molecule has 0 amide bonds. The van der Waals surface area contributed by atoms with Crippen LogP contribution in [0.25, 0.3) is 0 Å². The maximum Gasteiger partial charge on any atom is 0.0731 e. The minimum Gasteiger partial charge on any atom is -0.373 e. The van der Waals surface area contributed by atoms with Gasteiger partial charge in [-0.3, -0.25) is 0 Å². The molecule has 1 unspecified atom stereocenters. The molecule has 0 aromatic carbocycles. The van der Waals surface area contributed by atoms with Crippen LogP contribution in [0, 0.1) is 0 Å². The van der Waals surface area contributed by atoms with Crippen LogP contribution in [0.3, 0.4) is 0 Å². The predicted octanol–water partition coefficient (Wildman–Crippen LogP) is 0.265. The molecule has 2 bridgehead atoms. The van der Waals surface area contributed by atoms with Gasteiger partial charge < -0.3 is 10.5 Å². The summed E-state index contributed by atoms with van der Waals surface area (Å²) in [5, 5.41) is 0. The molecular weight excluding hydrogens is 102 g/mol. The van der Waals surface area contributed by atoms with E-state index in [1.54, 1.807) is 0 Å². The van der Waals surface area contributed by atoms with Gasteiger partial charge in [-0.15, -0.1) is 0 Å². The van der Waals surface area contributed by atoms with Crippen LogP contribution >= 0.6 is 0 Å². The van der Waals surface area contributed by atoms with E-state index in [4.69, 9.17) is 10.5 Å². The molecule has 3 atom stereocenters. The topological polar surface area (TPSA) is 35.2 Å². The number of fused-ring (bicyclic) bond motifs is 2. The summed E-state index contributed by atoms with van der Waals surface area (Å²) in [4.78, 5) is 0. The lowest BCUT2D eigenvalue weighted by molar-refractivity contribution is 0.101. The minimum atomic E-state index is 0.355. The third-order valence-corrected chi connectivity index (χ3v) is 2.15. The van der Waals surface area contributed by atoms with Gasteiger partial charge in [0.15, 0.2) is 0 Å². The Kier molecular flexibility index (Phi) is 0.866. The first kappa shape index (κ1) is 4.77. The highest BCUT2D eigenvalue weighted by molar-refractivity contribution is 4.91. The van der Waals surface area contributed by atoms with E-state index >= 15 is 0 Å². The quantitative estimate of drug-likeness (QED) is 0.489. The Bertz CT molecular complexity index is 103. The second-order valence-corrected chi connectivity index (χ2v) is 2.77. The monoisotopic (exact) mass is 113 g/mol. The molecule has 2 N–H and O–H groups in total. The van der Waals surface area contributed by atoms with E-state index in [1.807, 2.05) is 0 Å². The van der Waals surface area contributed by atoms with E-state index in [0.29, 0.717) is 18.2 Å². The zero-order chi connectivity index (χ0) is 5.56. The molecule has 0 saturated carbocycles. The smallest absolute Gasteiger partial charge is 0.0731 e. The van der Waals surface area contributed by atoms with Crippen molar-refractivity contribution in [1.82, 2.24) is 0 Å². The Labute approximate surface area is 49.0 Å². The summed E-state index contributed by atoms with van der Waals surface area (Å²) < 4.78 is 5.46. The van der Waals surface area contributed by atoms with E-state index in [2.05, 4.69) is 0 Å². The van der Waals surface area contributed by atoms with Crippen molar-refractivity contribution in [1.29, 1.82) is 0 Å². The molecule has 8 heavy (non-hydrogen) atoms. The summed E-state index contributed by atoms with van der Waals surface area (Å²) in [6.07, 6.45) is 4.49. The zero-order valence-electron chi connectivity index (χ0n) is 4.84. The SMILES string of the molecule is NC1C[C@@H]2CC[C@@H]1O2. The molecule has 2 aliphatic rings. The first-order valence-corrected chi connectivity index (χ1v) is 3.27. The van der Waals surface area contributed by atoms with Gasteiger partial charge in [-0.1, -0.05) is 0 Å². The average molecular weight is 113 g/mol. The third kappa shape index (κ3) is 0.501. The molecule has 0 spiro atoms. The van der Waals surface area contributed by atoms with Crippen molar-refractivity contribution in [2.24, 2.45) is 5.73 Å². The lowest BCUT2D eigenvalue weighted by Crippen LogP contribution is -2.30. The highest BCUT2D eigenvalue weighted by atomic mass is 16.5. The van der Waals surface area contributed by atoms with E-state index in [0.717, 1.165) is 6.42 Å². The van der Waals surface area contributed by atoms with Gasteiger partial charge in [-0.25, -0.2) is 0 Å². The summed E-state index contributed by atoms with van der Waals surface area (Å²) in [7, 11) is 0. The average Bonchev–Trinajstić information content (AvgIpc) is 2.23. The Morgan fingerprint density at radius 1 is 1.38 bits per heavy atom. The molecule has 2 saturated heterocycles. The van der Waals surface area contributed by atoms with Crippen molar-refractivity contribution >= 4 is 0 Å². The molecule has 2 aliphatic heterocycles. The van der Waals surface area contributed by atoms with Crippen LogP contribution in [-0.2, 0) is 4.74 Å². The van der Waals surface area contributed by atoms with E-state index < -0.39 is 0 Å². The molecule has 2 rings (SSSR count). The normalized spacial score (nSPS) is 52.9. The lowest BCUT2D eigenvalue weighted by atomic mass is 9.97. The molecule has 2 heterocycles. The zero-order valence-corrected chi connectivity index (χ0v) is 4.84. The summed E-state index contributed by atoms with van der Waals surface area (Å²) in [6.45, 7) is 0. The van der Waals surface area contributed by atoms with E-state index in [1.165, 1.54) is 12.8 Å². The van der Waals surface area contributed by atoms with Gasteiger partial charge in [0.25, 0.3) is 0 Å². The standard InChI is InChI=1S/C6H11NO/c7-5-3-4-1-2-6(5)8-4/h4-6H,1-3,7H2/t4-,5?,6-/m0/s1. The molecule has 2 nitrogen and oxygen atoms in total. The van der Waals surface area contributed by atoms with E-state index in [-0.39, 0.29) is 0 Å². The number of hydrogen-bond donors (Lipinski definition) is 1. The Balaban J connectivity index is 2.11. The number of ether oxygens (including phenoxy) is 1. The van der Waals surface area contributed by atoms with Gasteiger partial charge in [0.1, 0.15) is 0 Å². The molecule has 0 aliphatic carbocycles. The van der Waals surface area contributed by atoms with Crippen LogP contribution in [0.2, 0.25) is 0 Å². The summed E-state index contributed by atoms with van der Waals surface area (Å²) in [5.41, 5.74) is 5.69. The number of hydrogen-bond acceptors (Lipinski definition) is 2. The van der Waals surface area contributed by atoms with Crippen molar-refractivity contribution in [3.8, 4) is 0 Å². The fourth-order valence-electron chi connectivity index (χ4n) is 1.68. The molecule has 0 aromatic rings. The van der Waals surface area contributed by atoms with Crippen LogP contribution < -0.4 is 5.73 Å². The second-order valence-electron chi connectivity index (χ2n) is 2.77. The van der Waals surface area contributed by atoms with Crippen LogP contribution in [0.4, 0.5) is 0 Å². The Morgan fingerprint density at radius 3 is 2.50 bits per heavy atom. The first-order chi connectivity index (χ1) is 3.86. The van der Waals surface area contributed by atoms with Gasteiger partial charge >= 0.3 is 0 Å². The molecule has 46 valence electrons. The molecule has 0 radical (unpaired) electrons. The van der Waals surface area contributed by atoms with Gasteiger partial charge in [0.05, 0.1) is 12.2 Å². The van der Waals surface area contributed by atoms with Crippen molar-refractivity contribution in [2.45, 2.75) is 37.5 Å². The van der Waals surface area contributed by atoms with Crippen molar-refractivity contribution in [2.75, 3.05) is 0 Å². The summed E-state index contributed by atoms with van der Waals surface area (Å²) in [5.74, 6) is 0. The predicted molar refractivity (Wildman–Crippen MR) is 30.5 cm³/mol. The minimum absolute atomic E-state index is 0.355. The third-order valence-electron chi connectivity index (χ3n) is 2.15. The molecule has 2 fully saturated rings. The fraction of sp³-hybridized carbons (Fsp3) is 1.00. The molecular formula is C6H11NO. The van der Waals surface area contributed by atoms with E-state index in [9.17, 15) is 0 Å². The Morgan fingerprint density at radius 2 is 2.25 bits per heavy atom. The highest BCUT2D eigenvalue weighted by Gasteiger charge is 2.38. The van der Waals surface area contributed by atoms with Gasteiger partial charge in [0, 0.05) is 6.04 Å². The largest absolute Gasteiger partial charge is 0.373 e. The number of nitrogens with two attached hydrogens (primary N) is 1. The van der Waals surface area contributed by atoms with Crippen LogP contribution in [0.1, 0.15) is 19.3 Å². The lowest BCUT2D eigenvalue weighted by Gasteiger charge is -2.11. The summed E-state index contributed by atoms with van der Waals surface area (Å²) in [6, 6.07) is 0.355. The van der Waals surface area contributed by atoms with Crippen molar-refractivity contribution in [3.63, 3.8) is 0 Å². The summed E-state index contributed by atoms with van der Waals surface area (Å²) >= 11 is 0. The van der Waals surface area contributed by atoms with Gasteiger partial charge in [-0.05, 0) is 19.3 Å². The van der Waals surface area contributed by atoms with Crippen LogP contribution in [0.5, 0.6) is 0 Å². The number of rotatable bonds is 0. The van der Waals surface area contributed by atoms with Crippen LogP contribution in [-0.4, -0.2) is 18.2 Å².